The second-order valence-electron chi connectivity index (χ2n) is 5.62. The summed E-state index contributed by atoms with van der Waals surface area (Å²) >= 11 is 0. The fourth-order valence-electron chi connectivity index (χ4n) is 2.73. The lowest BCUT2D eigenvalue weighted by molar-refractivity contribution is -0.152. The molecule has 0 aliphatic heterocycles. The van der Waals surface area contributed by atoms with Gasteiger partial charge in [-0.1, -0.05) is 24.4 Å². The van der Waals surface area contributed by atoms with Gasteiger partial charge in [0.2, 0.25) is 5.89 Å². The number of esters is 1. The molecule has 0 N–H and O–H groups in total. The summed E-state index contributed by atoms with van der Waals surface area (Å²) < 4.78 is 10.6. The van der Waals surface area contributed by atoms with E-state index in [1.54, 1.807) is 0 Å². The number of ether oxygens (including phenoxy) is 1. The first kappa shape index (κ1) is 15.0. The van der Waals surface area contributed by atoms with Crippen molar-refractivity contribution in [1.29, 1.82) is 0 Å². The molecule has 0 aromatic carbocycles. The fraction of sp³-hybridized carbons (Fsp3) is 0.786. The van der Waals surface area contributed by atoms with Crippen LogP contribution in [0.1, 0.15) is 50.7 Å². The van der Waals surface area contributed by atoms with Crippen molar-refractivity contribution < 1.29 is 14.1 Å². The van der Waals surface area contributed by atoms with Crippen LogP contribution >= 0.6 is 0 Å². The number of aromatic nitrogens is 2. The molecule has 1 aromatic rings. The van der Waals surface area contributed by atoms with Crippen molar-refractivity contribution in [3.05, 3.63) is 11.7 Å². The number of carbonyl (C=O) groups is 1. The lowest BCUT2D eigenvalue weighted by atomic mass is 9.74. The van der Waals surface area contributed by atoms with Crippen molar-refractivity contribution in [2.45, 2.75) is 51.0 Å². The molecular formula is C14H23N3O3. The molecule has 0 radical (unpaired) electrons. The van der Waals surface area contributed by atoms with Crippen LogP contribution in [0.15, 0.2) is 4.52 Å². The van der Waals surface area contributed by atoms with E-state index in [2.05, 4.69) is 10.1 Å². The number of rotatable bonds is 5. The molecule has 0 saturated heterocycles. The van der Waals surface area contributed by atoms with Gasteiger partial charge in [-0.3, -0.25) is 4.79 Å². The van der Waals surface area contributed by atoms with Crippen LogP contribution in [0.5, 0.6) is 0 Å². The highest BCUT2D eigenvalue weighted by molar-refractivity contribution is 5.82. The van der Waals surface area contributed by atoms with E-state index in [4.69, 9.17) is 9.26 Å². The van der Waals surface area contributed by atoms with Crippen LogP contribution in [0.3, 0.4) is 0 Å². The Morgan fingerprint density at radius 3 is 2.65 bits per heavy atom. The Morgan fingerprint density at radius 1 is 1.35 bits per heavy atom. The van der Waals surface area contributed by atoms with Crippen LogP contribution in [-0.4, -0.2) is 41.7 Å². The highest BCUT2D eigenvalue weighted by Gasteiger charge is 2.47. The van der Waals surface area contributed by atoms with Gasteiger partial charge in [0.15, 0.2) is 5.82 Å². The zero-order valence-electron chi connectivity index (χ0n) is 12.5. The van der Waals surface area contributed by atoms with Gasteiger partial charge in [0.1, 0.15) is 5.41 Å². The first-order chi connectivity index (χ1) is 9.58. The van der Waals surface area contributed by atoms with Crippen LogP contribution < -0.4 is 0 Å². The summed E-state index contributed by atoms with van der Waals surface area (Å²) in [4.78, 5) is 18.8. The van der Waals surface area contributed by atoms with Crippen LogP contribution in [0.4, 0.5) is 0 Å². The molecule has 0 bridgehead atoms. The van der Waals surface area contributed by atoms with E-state index in [0.717, 1.165) is 32.1 Å². The minimum atomic E-state index is -0.730. The molecule has 1 aromatic heterocycles. The Morgan fingerprint density at radius 2 is 2.05 bits per heavy atom. The standard InChI is InChI=1S/C14H23N3O3/c1-4-19-13(18)14(8-6-5-7-9-14)12-15-11(16-20-12)10-17(2)3/h4-10H2,1-3H3. The number of hydrogen-bond donors (Lipinski definition) is 0. The van der Waals surface area contributed by atoms with E-state index < -0.39 is 5.41 Å². The molecule has 6 heteroatoms. The van der Waals surface area contributed by atoms with Crippen LogP contribution in [0, 0.1) is 0 Å². The Balaban J connectivity index is 2.26. The SMILES string of the molecule is CCOC(=O)C1(c2nc(CN(C)C)no2)CCCCC1. The fourth-order valence-corrected chi connectivity index (χ4v) is 2.73. The molecule has 0 atom stereocenters. The summed E-state index contributed by atoms with van der Waals surface area (Å²) in [6, 6.07) is 0. The van der Waals surface area contributed by atoms with E-state index in [-0.39, 0.29) is 5.97 Å². The van der Waals surface area contributed by atoms with Crippen LogP contribution in [-0.2, 0) is 21.5 Å². The van der Waals surface area contributed by atoms with Gasteiger partial charge in [-0.15, -0.1) is 0 Å². The second kappa shape index (κ2) is 6.35. The summed E-state index contributed by atoms with van der Waals surface area (Å²) in [5.41, 5.74) is -0.730. The molecule has 2 rings (SSSR count). The van der Waals surface area contributed by atoms with Gasteiger partial charge in [0.25, 0.3) is 0 Å². The number of hydrogen-bond acceptors (Lipinski definition) is 6. The van der Waals surface area contributed by atoms with Crippen LogP contribution in [0.2, 0.25) is 0 Å². The zero-order chi connectivity index (χ0) is 14.6. The molecule has 1 heterocycles. The van der Waals surface area contributed by atoms with Gasteiger partial charge < -0.3 is 14.2 Å². The van der Waals surface area contributed by atoms with Gasteiger partial charge >= 0.3 is 5.97 Å². The maximum atomic E-state index is 12.4. The normalized spacial score (nSPS) is 18.2. The summed E-state index contributed by atoms with van der Waals surface area (Å²) in [7, 11) is 3.88. The first-order valence-electron chi connectivity index (χ1n) is 7.23. The molecular weight excluding hydrogens is 258 g/mol. The Labute approximate surface area is 119 Å². The van der Waals surface area contributed by atoms with Crippen molar-refractivity contribution in [3.63, 3.8) is 0 Å². The minimum absolute atomic E-state index is 0.222. The summed E-state index contributed by atoms with van der Waals surface area (Å²) in [6.07, 6.45) is 4.58. The molecule has 0 unspecified atom stereocenters. The smallest absolute Gasteiger partial charge is 0.321 e. The molecule has 0 amide bonds. The predicted molar refractivity (Wildman–Crippen MR) is 73.1 cm³/mol. The largest absolute Gasteiger partial charge is 0.465 e. The molecule has 0 spiro atoms. The van der Waals surface area contributed by atoms with Crippen LogP contribution in [0.25, 0.3) is 0 Å². The molecule has 20 heavy (non-hydrogen) atoms. The second-order valence-corrected chi connectivity index (χ2v) is 5.62. The maximum absolute atomic E-state index is 12.4. The molecule has 1 saturated carbocycles. The van der Waals surface area contributed by atoms with Crippen molar-refractivity contribution in [1.82, 2.24) is 15.0 Å². The highest BCUT2D eigenvalue weighted by atomic mass is 16.5. The average molecular weight is 281 g/mol. The third kappa shape index (κ3) is 3.00. The molecule has 1 fully saturated rings. The van der Waals surface area contributed by atoms with Gasteiger partial charge in [-0.05, 0) is 33.9 Å². The topological polar surface area (TPSA) is 68.5 Å². The van der Waals surface area contributed by atoms with E-state index in [1.807, 2.05) is 25.9 Å². The lowest BCUT2D eigenvalue weighted by Gasteiger charge is -2.31. The number of carbonyl (C=O) groups excluding carboxylic acids is 1. The lowest BCUT2D eigenvalue weighted by Crippen LogP contribution is -2.39. The highest BCUT2D eigenvalue weighted by Crippen LogP contribution is 2.39. The maximum Gasteiger partial charge on any atom is 0.321 e. The van der Waals surface area contributed by atoms with E-state index in [9.17, 15) is 4.79 Å². The summed E-state index contributed by atoms with van der Waals surface area (Å²) in [5, 5.41) is 3.98. The summed E-state index contributed by atoms with van der Waals surface area (Å²) in [6.45, 7) is 2.79. The van der Waals surface area contributed by atoms with Crippen molar-refractivity contribution >= 4 is 5.97 Å². The number of nitrogens with zero attached hydrogens (tertiary/aromatic N) is 3. The Bertz CT molecular complexity index is 450. The third-order valence-electron chi connectivity index (χ3n) is 3.71. The predicted octanol–water partition coefficient (Wildman–Crippen LogP) is 1.90. The quantitative estimate of drug-likeness (QED) is 0.768. The van der Waals surface area contributed by atoms with Gasteiger partial charge in [-0.2, -0.15) is 4.98 Å². The zero-order valence-corrected chi connectivity index (χ0v) is 12.5. The van der Waals surface area contributed by atoms with E-state index in [0.29, 0.717) is 24.9 Å². The van der Waals surface area contributed by atoms with Gasteiger partial charge in [-0.25, -0.2) is 0 Å². The van der Waals surface area contributed by atoms with Gasteiger partial charge in [0, 0.05) is 0 Å². The van der Waals surface area contributed by atoms with Crippen molar-refractivity contribution in [2.24, 2.45) is 0 Å². The van der Waals surface area contributed by atoms with Crippen molar-refractivity contribution in [3.8, 4) is 0 Å². The summed E-state index contributed by atoms with van der Waals surface area (Å²) in [5.74, 6) is 0.812. The van der Waals surface area contributed by atoms with E-state index >= 15 is 0 Å². The molecule has 112 valence electrons. The Hall–Kier alpha value is -1.43. The Kier molecular flexibility index (Phi) is 4.75. The van der Waals surface area contributed by atoms with Gasteiger partial charge in [0.05, 0.1) is 13.2 Å². The first-order valence-corrected chi connectivity index (χ1v) is 7.23. The average Bonchev–Trinajstić information content (AvgIpc) is 2.88. The third-order valence-corrected chi connectivity index (χ3v) is 3.71. The molecule has 6 nitrogen and oxygen atoms in total. The molecule has 1 aliphatic carbocycles. The van der Waals surface area contributed by atoms with E-state index in [1.165, 1.54) is 0 Å². The monoisotopic (exact) mass is 281 g/mol. The molecule has 1 aliphatic rings. The van der Waals surface area contributed by atoms with Crippen molar-refractivity contribution in [2.75, 3.05) is 20.7 Å². The minimum Gasteiger partial charge on any atom is -0.465 e.